The van der Waals surface area contributed by atoms with E-state index in [1.165, 1.54) is 38.5 Å². The Balaban J connectivity index is 2.17. The van der Waals surface area contributed by atoms with E-state index in [2.05, 4.69) is 0 Å². The van der Waals surface area contributed by atoms with E-state index in [0.717, 1.165) is 5.41 Å². The molecule has 0 radical (unpaired) electrons. The minimum Gasteiger partial charge on any atom is -0.497 e. The third-order valence-electron chi connectivity index (χ3n) is 3.18. The van der Waals surface area contributed by atoms with Gasteiger partial charge in [0.1, 0.15) is 11.5 Å². The van der Waals surface area contributed by atoms with E-state index in [1.54, 1.807) is 24.3 Å². The molecular weight excluding hydrogens is 366 g/mol. The molecule has 0 heterocycles. The fourth-order valence-corrected chi connectivity index (χ4v) is 2.92. The van der Waals surface area contributed by atoms with Crippen molar-refractivity contribution in [2.24, 2.45) is 0 Å². The van der Waals surface area contributed by atoms with Crippen LogP contribution in [0.2, 0.25) is 5.02 Å². The molecule has 0 unspecified atom stereocenters. The smallest absolute Gasteiger partial charge is 0.268 e. The number of hydrogen-bond donors (Lipinski definition) is 1. The number of sulfonamides is 1. The van der Waals surface area contributed by atoms with Crippen LogP contribution in [0.5, 0.6) is 11.5 Å². The summed E-state index contributed by atoms with van der Waals surface area (Å²) >= 11 is 5.82. The van der Waals surface area contributed by atoms with Gasteiger partial charge < -0.3 is 9.47 Å². The third kappa shape index (κ3) is 5.23. The second-order valence-electron chi connectivity index (χ2n) is 4.90. The second-order valence-corrected chi connectivity index (χ2v) is 6.90. The Morgan fingerprint density at radius 2 is 1.88 bits per heavy atom. The number of hydrogen-bond acceptors (Lipinski definition) is 5. The number of benzene rings is 2. The first-order valence-electron chi connectivity index (χ1n) is 7.07. The van der Waals surface area contributed by atoms with Gasteiger partial charge in [0, 0.05) is 5.02 Å². The van der Waals surface area contributed by atoms with E-state index in [-0.39, 0.29) is 11.3 Å². The van der Waals surface area contributed by atoms with E-state index in [4.69, 9.17) is 21.1 Å². The first-order valence-corrected chi connectivity index (χ1v) is 9.00. The van der Waals surface area contributed by atoms with Crippen molar-refractivity contribution in [2.75, 3.05) is 14.2 Å². The van der Waals surface area contributed by atoms with Crippen molar-refractivity contribution >= 4 is 33.6 Å². The van der Waals surface area contributed by atoms with E-state index in [0.29, 0.717) is 16.3 Å². The number of rotatable bonds is 6. The van der Waals surface area contributed by atoms with E-state index in [1.807, 2.05) is 4.72 Å². The van der Waals surface area contributed by atoms with Gasteiger partial charge in [-0.3, -0.25) is 4.79 Å². The van der Waals surface area contributed by atoms with Crippen LogP contribution in [-0.2, 0) is 10.0 Å². The topological polar surface area (TPSA) is 81.7 Å². The van der Waals surface area contributed by atoms with Gasteiger partial charge in [-0.15, -0.1) is 0 Å². The van der Waals surface area contributed by atoms with Gasteiger partial charge in [-0.25, -0.2) is 13.1 Å². The fourth-order valence-electron chi connectivity index (χ4n) is 1.98. The van der Waals surface area contributed by atoms with Gasteiger partial charge >= 0.3 is 0 Å². The first kappa shape index (κ1) is 18.8. The van der Waals surface area contributed by atoms with Crippen LogP contribution in [0.4, 0.5) is 0 Å². The fraction of sp³-hybridized carbons (Fsp3) is 0.118. The van der Waals surface area contributed by atoms with Crippen LogP contribution >= 0.6 is 11.6 Å². The molecule has 1 amide bonds. The molecule has 0 atom stereocenters. The largest absolute Gasteiger partial charge is 0.497 e. The molecule has 0 aromatic heterocycles. The summed E-state index contributed by atoms with van der Waals surface area (Å²) in [7, 11) is -1.12. The first-order chi connectivity index (χ1) is 11.8. The zero-order chi connectivity index (χ0) is 18.4. The van der Waals surface area contributed by atoms with Gasteiger partial charge in [-0.05, 0) is 42.0 Å². The molecule has 0 aliphatic heterocycles. The molecule has 6 nitrogen and oxygen atoms in total. The zero-order valence-corrected chi connectivity index (χ0v) is 15.1. The van der Waals surface area contributed by atoms with Crippen molar-refractivity contribution in [3.8, 4) is 11.5 Å². The lowest BCUT2D eigenvalue weighted by Gasteiger charge is -2.08. The van der Waals surface area contributed by atoms with Crippen LogP contribution < -0.4 is 14.2 Å². The van der Waals surface area contributed by atoms with Crippen molar-refractivity contribution in [3.63, 3.8) is 0 Å². The molecule has 0 spiro atoms. The average Bonchev–Trinajstić information content (AvgIpc) is 2.59. The Kier molecular flexibility index (Phi) is 6.06. The maximum atomic E-state index is 12.2. The SMILES string of the molecule is COc1cccc(C=CS(=O)(=O)NC(=O)c2ccc(Cl)cc2OC)c1. The Bertz CT molecular complexity index is 909. The van der Waals surface area contributed by atoms with Gasteiger partial charge in [0.25, 0.3) is 15.9 Å². The molecule has 25 heavy (non-hydrogen) atoms. The number of carbonyl (C=O) groups is 1. The number of ether oxygens (including phenoxy) is 2. The van der Waals surface area contributed by atoms with Crippen LogP contribution in [0, 0.1) is 0 Å². The highest BCUT2D eigenvalue weighted by Crippen LogP contribution is 2.23. The van der Waals surface area contributed by atoms with Crippen LogP contribution in [0.3, 0.4) is 0 Å². The molecule has 0 bridgehead atoms. The van der Waals surface area contributed by atoms with Crippen molar-refractivity contribution in [1.82, 2.24) is 4.72 Å². The lowest BCUT2D eigenvalue weighted by molar-refractivity contribution is 0.0979. The molecule has 0 aliphatic rings. The molecule has 2 aromatic carbocycles. The zero-order valence-electron chi connectivity index (χ0n) is 13.5. The van der Waals surface area contributed by atoms with Crippen LogP contribution in [0.25, 0.3) is 6.08 Å². The summed E-state index contributed by atoms with van der Waals surface area (Å²) in [6.07, 6.45) is 1.36. The third-order valence-corrected chi connectivity index (χ3v) is 4.38. The lowest BCUT2D eigenvalue weighted by Crippen LogP contribution is -2.29. The van der Waals surface area contributed by atoms with Crippen molar-refractivity contribution in [3.05, 3.63) is 64.0 Å². The predicted octanol–water partition coefficient (Wildman–Crippen LogP) is 3.09. The summed E-state index contributed by atoms with van der Waals surface area (Å²) in [5.41, 5.74) is 0.673. The molecule has 1 N–H and O–H groups in total. The quantitative estimate of drug-likeness (QED) is 0.831. The molecule has 0 fully saturated rings. The van der Waals surface area contributed by atoms with Gasteiger partial charge in [0.15, 0.2) is 0 Å². The normalized spacial score (nSPS) is 11.3. The van der Waals surface area contributed by atoms with E-state index >= 15 is 0 Å². The summed E-state index contributed by atoms with van der Waals surface area (Å²) in [6, 6.07) is 11.1. The average molecular weight is 382 g/mol. The Labute approximate surface area is 151 Å². The highest BCUT2D eigenvalue weighted by molar-refractivity contribution is 7.93. The van der Waals surface area contributed by atoms with Gasteiger partial charge in [0.05, 0.1) is 25.2 Å². The van der Waals surface area contributed by atoms with Gasteiger partial charge in [-0.2, -0.15) is 0 Å². The number of nitrogens with one attached hydrogen (secondary N) is 1. The molecule has 132 valence electrons. The summed E-state index contributed by atoms with van der Waals surface area (Å²) in [5, 5.41) is 1.27. The van der Waals surface area contributed by atoms with Gasteiger partial charge in [-0.1, -0.05) is 23.7 Å². The minimum atomic E-state index is -3.99. The number of methoxy groups -OCH3 is 2. The van der Waals surface area contributed by atoms with Crippen molar-refractivity contribution in [2.45, 2.75) is 0 Å². The van der Waals surface area contributed by atoms with E-state index in [9.17, 15) is 13.2 Å². The molecule has 0 aliphatic carbocycles. The summed E-state index contributed by atoms with van der Waals surface area (Å²) in [6.45, 7) is 0. The molecular formula is C17H16ClNO5S. The number of carbonyl (C=O) groups excluding carboxylic acids is 1. The van der Waals surface area contributed by atoms with Crippen LogP contribution in [0.15, 0.2) is 47.9 Å². The molecule has 2 aromatic rings. The highest BCUT2D eigenvalue weighted by atomic mass is 35.5. The maximum absolute atomic E-state index is 12.2. The monoisotopic (exact) mass is 381 g/mol. The predicted molar refractivity (Wildman–Crippen MR) is 96.4 cm³/mol. The summed E-state index contributed by atoms with van der Waals surface area (Å²) in [4.78, 5) is 12.2. The van der Waals surface area contributed by atoms with Gasteiger partial charge in [0.2, 0.25) is 0 Å². The van der Waals surface area contributed by atoms with Crippen LogP contribution in [-0.4, -0.2) is 28.5 Å². The van der Waals surface area contributed by atoms with E-state index < -0.39 is 15.9 Å². The highest BCUT2D eigenvalue weighted by Gasteiger charge is 2.17. The lowest BCUT2D eigenvalue weighted by atomic mass is 10.2. The molecule has 0 saturated heterocycles. The minimum absolute atomic E-state index is 0.0604. The summed E-state index contributed by atoms with van der Waals surface area (Å²) < 4.78 is 36.3. The molecule has 8 heteroatoms. The number of amides is 1. The Morgan fingerprint density at radius 3 is 2.56 bits per heavy atom. The Morgan fingerprint density at radius 1 is 1.12 bits per heavy atom. The molecule has 2 rings (SSSR count). The van der Waals surface area contributed by atoms with Crippen LogP contribution in [0.1, 0.15) is 15.9 Å². The van der Waals surface area contributed by atoms with Crippen molar-refractivity contribution in [1.29, 1.82) is 0 Å². The summed E-state index contributed by atoms with van der Waals surface area (Å²) in [5.74, 6) is -0.0460. The Hall–Kier alpha value is -2.51. The maximum Gasteiger partial charge on any atom is 0.268 e. The van der Waals surface area contributed by atoms with Crippen molar-refractivity contribution < 1.29 is 22.7 Å². The molecule has 0 saturated carbocycles. The standard InChI is InChI=1S/C17H16ClNO5S/c1-23-14-5-3-4-12(10-14)8-9-25(21,22)19-17(20)15-7-6-13(18)11-16(15)24-2/h3-11H,1-2H3,(H,19,20). The second kappa shape index (κ2) is 8.04. The number of halogens is 1.